The highest BCUT2D eigenvalue weighted by Crippen LogP contribution is 2.23. The van der Waals surface area contributed by atoms with E-state index in [4.69, 9.17) is 9.47 Å². The van der Waals surface area contributed by atoms with Gasteiger partial charge in [0.2, 0.25) is 0 Å². The summed E-state index contributed by atoms with van der Waals surface area (Å²) in [4.78, 5) is 0. The third-order valence-corrected chi connectivity index (χ3v) is 3.82. The number of rotatable bonds is 5. The number of alkyl halides is 1. The van der Waals surface area contributed by atoms with E-state index in [0.29, 0.717) is 11.2 Å². The smallest absolute Gasteiger partial charge is 0.123 e. The SMILES string of the molecule is Fc1cccc(C(CBr)OCC2CCOCC2)c1. The van der Waals surface area contributed by atoms with E-state index in [1.807, 2.05) is 6.07 Å². The maximum absolute atomic E-state index is 13.2. The first-order chi connectivity index (χ1) is 8.79. The van der Waals surface area contributed by atoms with Crippen LogP contribution in [0.3, 0.4) is 0 Å². The maximum Gasteiger partial charge on any atom is 0.123 e. The Balaban J connectivity index is 1.88. The zero-order valence-electron chi connectivity index (χ0n) is 10.3. The minimum absolute atomic E-state index is 0.0801. The highest BCUT2D eigenvalue weighted by atomic mass is 79.9. The topological polar surface area (TPSA) is 18.5 Å². The molecule has 1 aromatic rings. The minimum atomic E-state index is -0.215. The molecule has 4 heteroatoms. The molecule has 1 saturated heterocycles. The molecule has 0 saturated carbocycles. The maximum atomic E-state index is 13.2. The van der Waals surface area contributed by atoms with Crippen LogP contribution in [0, 0.1) is 11.7 Å². The quantitative estimate of drug-likeness (QED) is 0.771. The second-order valence-electron chi connectivity index (χ2n) is 4.59. The van der Waals surface area contributed by atoms with E-state index in [2.05, 4.69) is 15.9 Å². The van der Waals surface area contributed by atoms with Gasteiger partial charge in [0, 0.05) is 18.5 Å². The Bertz CT molecular complexity index is 367. The predicted molar refractivity (Wildman–Crippen MR) is 72.4 cm³/mol. The van der Waals surface area contributed by atoms with Crippen molar-refractivity contribution in [3.63, 3.8) is 0 Å². The molecule has 1 unspecified atom stereocenters. The predicted octanol–water partition coefficient (Wildman–Crippen LogP) is 3.70. The molecule has 0 bridgehead atoms. The monoisotopic (exact) mass is 316 g/mol. The molecule has 0 aromatic heterocycles. The van der Waals surface area contributed by atoms with E-state index in [-0.39, 0.29) is 11.9 Å². The Morgan fingerprint density at radius 2 is 2.17 bits per heavy atom. The van der Waals surface area contributed by atoms with Crippen LogP contribution in [0.2, 0.25) is 0 Å². The van der Waals surface area contributed by atoms with Crippen LogP contribution in [0.25, 0.3) is 0 Å². The zero-order valence-corrected chi connectivity index (χ0v) is 11.9. The molecule has 18 heavy (non-hydrogen) atoms. The van der Waals surface area contributed by atoms with Gasteiger partial charge >= 0.3 is 0 Å². The van der Waals surface area contributed by atoms with Crippen molar-refractivity contribution in [3.05, 3.63) is 35.6 Å². The van der Waals surface area contributed by atoms with Crippen LogP contribution in [0.5, 0.6) is 0 Å². The first-order valence-corrected chi connectivity index (χ1v) is 7.42. The second kappa shape index (κ2) is 7.22. The fraction of sp³-hybridized carbons (Fsp3) is 0.571. The largest absolute Gasteiger partial charge is 0.381 e. The van der Waals surface area contributed by atoms with Crippen molar-refractivity contribution in [2.75, 3.05) is 25.2 Å². The molecule has 2 nitrogen and oxygen atoms in total. The molecule has 0 spiro atoms. The highest BCUT2D eigenvalue weighted by Gasteiger charge is 2.17. The summed E-state index contributed by atoms with van der Waals surface area (Å²) in [6.07, 6.45) is 2.03. The van der Waals surface area contributed by atoms with E-state index in [1.54, 1.807) is 6.07 Å². The number of hydrogen-bond acceptors (Lipinski definition) is 2. The number of halogens is 2. The summed E-state index contributed by atoms with van der Waals surface area (Å²) in [6.45, 7) is 2.37. The number of ether oxygens (including phenoxy) is 2. The Hall–Kier alpha value is -0.450. The average Bonchev–Trinajstić information content (AvgIpc) is 2.41. The van der Waals surface area contributed by atoms with Gasteiger partial charge in [-0.25, -0.2) is 4.39 Å². The summed E-state index contributed by atoms with van der Waals surface area (Å²) in [7, 11) is 0. The van der Waals surface area contributed by atoms with Crippen molar-refractivity contribution in [1.82, 2.24) is 0 Å². The van der Waals surface area contributed by atoms with Crippen LogP contribution >= 0.6 is 15.9 Å². The molecule has 1 aromatic carbocycles. The first kappa shape index (κ1) is 14.0. The number of hydrogen-bond donors (Lipinski definition) is 0. The molecule has 1 aliphatic rings. The van der Waals surface area contributed by atoms with Gasteiger partial charge in [0.15, 0.2) is 0 Å². The van der Waals surface area contributed by atoms with Gasteiger partial charge in [-0.1, -0.05) is 28.1 Å². The highest BCUT2D eigenvalue weighted by molar-refractivity contribution is 9.09. The van der Waals surface area contributed by atoms with Gasteiger partial charge in [-0.3, -0.25) is 0 Å². The molecule has 1 heterocycles. The molecule has 100 valence electrons. The third kappa shape index (κ3) is 4.04. The Kier molecular flexibility index (Phi) is 5.60. The molecule has 2 rings (SSSR count). The molecule has 1 fully saturated rings. The summed E-state index contributed by atoms with van der Waals surface area (Å²) < 4.78 is 24.4. The van der Waals surface area contributed by atoms with Crippen LogP contribution in [0.15, 0.2) is 24.3 Å². The molecule has 1 atom stereocenters. The fourth-order valence-electron chi connectivity index (χ4n) is 2.10. The van der Waals surface area contributed by atoms with Crippen molar-refractivity contribution in [1.29, 1.82) is 0 Å². The molecule has 0 radical (unpaired) electrons. The molecule has 0 N–H and O–H groups in total. The average molecular weight is 317 g/mol. The van der Waals surface area contributed by atoms with E-state index in [0.717, 1.165) is 38.2 Å². The van der Waals surface area contributed by atoms with Crippen LogP contribution in [-0.4, -0.2) is 25.2 Å². The van der Waals surface area contributed by atoms with Gasteiger partial charge in [-0.2, -0.15) is 0 Å². The lowest BCUT2D eigenvalue weighted by Crippen LogP contribution is -2.21. The third-order valence-electron chi connectivity index (χ3n) is 3.23. The molecule has 0 aliphatic carbocycles. The van der Waals surface area contributed by atoms with Crippen molar-refractivity contribution >= 4 is 15.9 Å². The zero-order chi connectivity index (χ0) is 12.8. The summed E-state index contributed by atoms with van der Waals surface area (Å²) in [5.74, 6) is 0.349. The van der Waals surface area contributed by atoms with E-state index in [9.17, 15) is 4.39 Å². The van der Waals surface area contributed by atoms with Crippen LogP contribution in [-0.2, 0) is 9.47 Å². The van der Waals surface area contributed by atoms with Gasteiger partial charge < -0.3 is 9.47 Å². The molecular formula is C14H18BrFO2. The lowest BCUT2D eigenvalue weighted by molar-refractivity contribution is -0.00381. The van der Waals surface area contributed by atoms with Crippen molar-refractivity contribution in [2.45, 2.75) is 18.9 Å². The van der Waals surface area contributed by atoms with Crippen molar-refractivity contribution < 1.29 is 13.9 Å². The standard InChI is InChI=1S/C14H18BrFO2/c15-9-14(12-2-1-3-13(16)8-12)18-10-11-4-6-17-7-5-11/h1-3,8,11,14H,4-7,9-10H2. The molecule has 0 amide bonds. The minimum Gasteiger partial charge on any atom is -0.381 e. The summed E-state index contributed by atoms with van der Waals surface area (Å²) >= 11 is 3.43. The summed E-state index contributed by atoms with van der Waals surface area (Å²) in [6, 6.07) is 6.61. The second-order valence-corrected chi connectivity index (χ2v) is 5.23. The van der Waals surface area contributed by atoms with Crippen LogP contribution in [0.4, 0.5) is 4.39 Å². The van der Waals surface area contributed by atoms with Gasteiger partial charge in [-0.05, 0) is 36.5 Å². The van der Waals surface area contributed by atoms with Crippen molar-refractivity contribution in [3.8, 4) is 0 Å². The normalized spacial score (nSPS) is 18.8. The Morgan fingerprint density at radius 1 is 1.39 bits per heavy atom. The Labute approximate surface area is 116 Å². The van der Waals surface area contributed by atoms with Gasteiger partial charge in [0.25, 0.3) is 0 Å². The summed E-state index contributed by atoms with van der Waals surface area (Å²) in [5, 5.41) is 0.680. The van der Waals surface area contributed by atoms with Crippen LogP contribution < -0.4 is 0 Å². The van der Waals surface area contributed by atoms with Gasteiger partial charge in [-0.15, -0.1) is 0 Å². The van der Waals surface area contributed by atoms with E-state index >= 15 is 0 Å². The Morgan fingerprint density at radius 3 is 2.83 bits per heavy atom. The van der Waals surface area contributed by atoms with E-state index < -0.39 is 0 Å². The molecular weight excluding hydrogens is 299 g/mol. The van der Waals surface area contributed by atoms with Gasteiger partial charge in [0.1, 0.15) is 5.82 Å². The van der Waals surface area contributed by atoms with E-state index in [1.165, 1.54) is 12.1 Å². The lowest BCUT2D eigenvalue weighted by Gasteiger charge is -2.24. The summed E-state index contributed by atoms with van der Waals surface area (Å²) in [5.41, 5.74) is 0.888. The lowest BCUT2D eigenvalue weighted by atomic mass is 10.0. The van der Waals surface area contributed by atoms with Gasteiger partial charge in [0.05, 0.1) is 12.7 Å². The van der Waals surface area contributed by atoms with Crippen LogP contribution in [0.1, 0.15) is 24.5 Å². The number of benzene rings is 1. The fourth-order valence-corrected chi connectivity index (χ4v) is 2.66. The van der Waals surface area contributed by atoms with Crippen molar-refractivity contribution in [2.24, 2.45) is 5.92 Å². The molecule has 1 aliphatic heterocycles. The first-order valence-electron chi connectivity index (χ1n) is 6.30.